The Kier molecular flexibility index (Phi) is 5.65. The number of nitrogens with one attached hydrogen (secondary N) is 1. The highest BCUT2D eigenvalue weighted by atomic mass is 16.6. The quantitative estimate of drug-likeness (QED) is 0.859. The molecule has 7 heteroatoms. The Morgan fingerprint density at radius 2 is 2.15 bits per heavy atom. The third-order valence-electron chi connectivity index (χ3n) is 4.76. The molecule has 2 amide bonds. The van der Waals surface area contributed by atoms with Crippen molar-refractivity contribution >= 4 is 17.5 Å². The van der Waals surface area contributed by atoms with Crippen LogP contribution >= 0.6 is 0 Å². The van der Waals surface area contributed by atoms with Crippen LogP contribution < -0.4 is 5.32 Å². The Labute approximate surface area is 152 Å². The van der Waals surface area contributed by atoms with Gasteiger partial charge in [-0.1, -0.05) is 29.4 Å². The Balaban J connectivity index is 1.54. The number of benzene rings is 1. The molecule has 7 nitrogen and oxygen atoms in total. The van der Waals surface area contributed by atoms with Gasteiger partial charge in [-0.2, -0.15) is 0 Å². The number of nitrogens with zero attached hydrogens (tertiary/aromatic N) is 3. The molecule has 1 saturated heterocycles. The van der Waals surface area contributed by atoms with Crippen molar-refractivity contribution in [3.63, 3.8) is 0 Å². The van der Waals surface area contributed by atoms with Gasteiger partial charge in [-0.25, -0.2) is 4.63 Å². The molecule has 26 heavy (non-hydrogen) atoms. The molecule has 0 aliphatic carbocycles. The summed E-state index contributed by atoms with van der Waals surface area (Å²) in [7, 11) is 0. The van der Waals surface area contributed by atoms with E-state index < -0.39 is 0 Å². The van der Waals surface area contributed by atoms with Gasteiger partial charge in [0.1, 0.15) is 11.4 Å². The van der Waals surface area contributed by atoms with Crippen LogP contribution in [0, 0.1) is 6.92 Å². The van der Waals surface area contributed by atoms with Crippen molar-refractivity contribution in [1.82, 2.24) is 15.2 Å². The molecule has 3 rings (SSSR count). The summed E-state index contributed by atoms with van der Waals surface area (Å²) in [6.07, 6.45) is 3.01. The Hall–Kier alpha value is -2.70. The fourth-order valence-corrected chi connectivity index (χ4v) is 3.35. The third-order valence-corrected chi connectivity index (χ3v) is 4.76. The van der Waals surface area contributed by atoms with Gasteiger partial charge in [0.25, 0.3) is 0 Å². The minimum absolute atomic E-state index is 0.0349. The summed E-state index contributed by atoms with van der Waals surface area (Å²) in [6.45, 7) is 4.57. The van der Waals surface area contributed by atoms with Crippen LogP contribution in [0.15, 0.2) is 28.9 Å². The number of carbonyl (C=O) groups excluding carboxylic acids is 2. The number of likely N-dealkylation sites (tertiary alicyclic amines) is 1. The van der Waals surface area contributed by atoms with E-state index in [4.69, 9.17) is 4.63 Å². The Bertz CT molecular complexity index is 787. The first-order valence-electron chi connectivity index (χ1n) is 9.05. The number of amides is 2. The van der Waals surface area contributed by atoms with E-state index in [0.29, 0.717) is 12.2 Å². The predicted octanol–water partition coefficient (Wildman–Crippen LogP) is 3.02. The SMILES string of the molecule is CCc1cccc(NC(=O)CCC(=O)N2CCC[C@H]2c2nonc2C)c1. The fraction of sp³-hybridized carbons (Fsp3) is 0.474. The zero-order valence-electron chi connectivity index (χ0n) is 15.2. The number of hydrogen-bond acceptors (Lipinski definition) is 5. The van der Waals surface area contributed by atoms with Crippen molar-refractivity contribution in [2.45, 2.75) is 52.0 Å². The van der Waals surface area contributed by atoms with Gasteiger partial charge >= 0.3 is 0 Å². The van der Waals surface area contributed by atoms with Gasteiger partial charge in [0.2, 0.25) is 11.8 Å². The summed E-state index contributed by atoms with van der Waals surface area (Å²) in [5, 5.41) is 10.6. The van der Waals surface area contributed by atoms with E-state index in [0.717, 1.165) is 36.2 Å². The van der Waals surface area contributed by atoms with E-state index in [1.807, 2.05) is 31.2 Å². The Morgan fingerprint density at radius 3 is 2.88 bits per heavy atom. The smallest absolute Gasteiger partial charge is 0.224 e. The molecule has 2 aromatic rings. The van der Waals surface area contributed by atoms with E-state index in [1.165, 1.54) is 0 Å². The standard InChI is InChI=1S/C19H24N4O3/c1-3-14-6-4-7-15(12-14)20-17(24)9-10-18(25)23-11-5-8-16(23)19-13(2)21-26-22-19/h4,6-7,12,16H,3,5,8-11H2,1-2H3,(H,20,24)/t16-/m0/s1. The minimum Gasteiger partial charge on any atom is -0.334 e. The van der Waals surface area contributed by atoms with Crippen LogP contribution in [-0.2, 0) is 16.0 Å². The van der Waals surface area contributed by atoms with E-state index in [9.17, 15) is 9.59 Å². The zero-order valence-corrected chi connectivity index (χ0v) is 15.2. The number of anilines is 1. The van der Waals surface area contributed by atoms with Gasteiger partial charge in [-0.05, 0) is 43.9 Å². The molecule has 1 aliphatic heterocycles. The lowest BCUT2D eigenvalue weighted by molar-refractivity contribution is -0.133. The topological polar surface area (TPSA) is 88.3 Å². The van der Waals surface area contributed by atoms with Crippen LogP contribution in [0.25, 0.3) is 0 Å². The maximum Gasteiger partial charge on any atom is 0.224 e. The molecule has 138 valence electrons. The van der Waals surface area contributed by atoms with Gasteiger partial charge in [0.05, 0.1) is 6.04 Å². The lowest BCUT2D eigenvalue weighted by Gasteiger charge is -2.23. The molecule has 1 N–H and O–H groups in total. The molecular weight excluding hydrogens is 332 g/mol. The average molecular weight is 356 g/mol. The molecule has 0 radical (unpaired) electrons. The van der Waals surface area contributed by atoms with Crippen molar-refractivity contribution in [3.05, 3.63) is 41.2 Å². The zero-order chi connectivity index (χ0) is 18.5. The summed E-state index contributed by atoms with van der Waals surface area (Å²) < 4.78 is 4.77. The predicted molar refractivity (Wildman–Crippen MR) is 96.4 cm³/mol. The van der Waals surface area contributed by atoms with Crippen LogP contribution in [0.1, 0.15) is 55.6 Å². The maximum atomic E-state index is 12.6. The molecule has 0 saturated carbocycles. The largest absolute Gasteiger partial charge is 0.334 e. The molecule has 2 heterocycles. The highest BCUT2D eigenvalue weighted by Gasteiger charge is 2.33. The molecule has 0 spiro atoms. The van der Waals surface area contributed by atoms with Gasteiger partial charge < -0.3 is 10.2 Å². The summed E-state index contributed by atoms with van der Waals surface area (Å²) in [6, 6.07) is 7.65. The first kappa shape index (κ1) is 18.1. The van der Waals surface area contributed by atoms with Crippen molar-refractivity contribution in [2.75, 3.05) is 11.9 Å². The summed E-state index contributed by atoms with van der Waals surface area (Å²) >= 11 is 0. The highest BCUT2D eigenvalue weighted by molar-refractivity contribution is 5.93. The van der Waals surface area contributed by atoms with Gasteiger partial charge in [-0.15, -0.1) is 0 Å². The van der Waals surface area contributed by atoms with Crippen LogP contribution in [-0.4, -0.2) is 33.6 Å². The van der Waals surface area contributed by atoms with Crippen molar-refractivity contribution < 1.29 is 14.2 Å². The second-order valence-electron chi connectivity index (χ2n) is 6.58. The summed E-state index contributed by atoms with van der Waals surface area (Å²) in [5.74, 6) is -0.186. The monoisotopic (exact) mass is 356 g/mol. The van der Waals surface area contributed by atoms with E-state index in [1.54, 1.807) is 4.90 Å². The summed E-state index contributed by atoms with van der Waals surface area (Å²) in [5.41, 5.74) is 3.36. The molecule has 1 fully saturated rings. The van der Waals surface area contributed by atoms with Crippen molar-refractivity contribution in [2.24, 2.45) is 0 Å². The lowest BCUT2D eigenvalue weighted by Crippen LogP contribution is -2.31. The normalized spacial score (nSPS) is 16.7. The van der Waals surface area contributed by atoms with Gasteiger partial charge in [-0.3, -0.25) is 9.59 Å². The van der Waals surface area contributed by atoms with Crippen LogP contribution in [0.4, 0.5) is 5.69 Å². The maximum absolute atomic E-state index is 12.6. The van der Waals surface area contributed by atoms with Crippen LogP contribution in [0.5, 0.6) is 0 Å². The number of aryl methyl sites for hydroxylation is 2. The van der Waals surface area contributed by atoms with Crippen LogP contribution in [0.2, 0.25) is 0 Å². The third kappa shape index (κ3) is 4.09. The molecular formula is C19H24N4O3. The highest BCUT2D eigenvalue weighted by Crippen LogP contribution is 2.32. The number of rotatable bonds is 6. The fourth-order valence-electron chi connectivity index (χ4n) is 3.35. The van der Waals surface area contributed by atoms with E-state index >= 15 is 0 Å². The van der Waals surface area contributed by atoms with Crippen LogP contribution in [0.3, 0.4) is 0 Å². The molecule has 1 atom stereocenters. The van der Waals surface area contributed by atoms with E-state index in [2.05, 4.69) is 22.6 Å². The molecule has 1 aromatic carbocycles. The van der Waals surface area contributed by atoms with Gasteiger partial charge in [0.15, 0.2) is 0 Å². The molecule has 0 unspecified atom stereocenters. The first-order valence-corrected chi connectivity index (χ1v) is 9.05. The average Bonchev–Trinajstić information content (AvgIpc) is 3.28. The molecule has 1 aliphatic rings. The number of carbonyl (C=O) groups is 2. The van der Waals surface area contributed by atoms with Gasteiger partial charge in [0, 0.05) is 25.1 Å². The second-order valence-corrected chi connectivity index (χ2v) is 6.58. The van der Waals surface area contributed by atoms with E-state index in [-0.39, 0.29) is 30.7 Å². The summed E-state index contributed by atoms with van der Waals surface area (Å²) in [4.78, 5) is 26.6. The minimum atomic E-state index is -0.151. The molecule has 1 aromatic heterocycles. The lowest BCUT2D eigenvalue weighted by atomic mass is 10.1. The second kappa shape index (κ2) is 8.12. The number of hydrogen-bond donors (Lipinski definition) is 1. The molecule has 0 bridgehead atoms. The number of aromatic nitrogens is 2. The van der Waals surface area contributed by atoms with Crippen molar-refractivity contribution in [1.29, 1.82) is 0 Å². The first-order chi connectivity index (χ1) is 12.6. The van der Waals surface area contributed by atoms with Crippen molar-refractivity contribution in [3.8, 4) is 0 Å². The Morgan fingerprint density at radius 1 is 1.31 bits per heavy atom.